The van der Waals surface area contributed by atoms with E-state index in [0.717, 1.165) is 17.3 Å². The summed E-state index contributed by atoms with van der Waals surface area (Å²) >= 11 is 0. The molecule has 1 aromatic heterocycles. The highest BCUT2D eigenvalue weighted by molar-refractivity contribution is 5.47. The maximum Gasteiger partial charge on any atom is 0.234 e. The molecule has 0 aliphatic carbocycles. The third-order valence-electron chi connectivity index (χ3n) is 4.15. The predicted molar refractivity (Wildman–Crippen MR) is 95.6 cm³/mol. The molecule has 27 heavy (non-hydrogen) atoms. The number of nitrogens with zero attached hydrogens (tertiary/aromatic N) is 4. The number of aromatic nitrogens is 2. The Bertz CT molecular complexity index is 1000. The van der Waals surface area contributed by atoms with E-state index in [1.807, 2.05) is 54.6 Å². The number of hydrogen-bond donors (Lipinski definition) is 0. The van der Waals surface area contributed by atoms with Crippen molar-refractivity contribution in [2.75, 3.05) is 11.7 Å². The van der Waals surface area contributed by atoms with E-state index in [1.54, 1.807) is 4.90 Å². The summed E-state index contributed by atoms with van der Waals surface area (Å²) in [5, 5.41) is 9.07. The molecule has 0 bridgehead atoms. The van der Waals surface area contributed by atoms with Gasteiger partial charge in [0.1, 0.15) is 6.07 Å². The maximum atomic E-state index is 14.5. The fourth-order valence-corrected chi connectivity index (χ4v) is 2.90. The van der Waals surface area contributed by atoms with E-state index in [1.165, 1.54) is 0 Å². The van der Waals surface area contributed by atoms with Crippen LogP contribution in [-0.4, -0.2) is 16.8 Å². The van der Waals surface area contributed by atoms with Crippen LogP contribution in [0.2, 0.25) is 0 Å². The monoisotopic (exact) mass is 362 g/mol. The topological polar surface area (TPSA) is 71.3 Å². The molecule has 2 aromatic carbocycles. The number of hydrogen-bond acceptors (Lipinski definition) is 6. The Kier molecular flexibility index (Phi) is 4.54. The molecule has 0 fully saturated rings. The van der Waals surface area contributed by atoms with Gasteiger partial charge in [0.25, 0.3) is 0 Å². The quantitative estimate of drug-likeness (QED) is 0.693. The number of rotatable bonds is 5. The molecule has 0 atom stereocenters. The molecule has 1 aliphatic rings. The van der Waals surface area contributed by atoms with E-state index in [2.05, 4.69) is 9.97 Å². The van der Waals surface area contributed by atoms with Gasteiger partial charge in [0.05, 0.1) is 6.20 Å². The molecule has 0 saturated carbocycles. The Balaban J connectivity index is 1.69. The van der Waals surface area contributed by atoms with Crippen molar-refractivity contribution in [2.45, 2.75) is 13.1 Å². The Morgan fingerprint density at radius 3 is 2.63 bits per heavy atom. The van der Waals surface area contributed by atoms with Crippen LogP contribution in [0.1, 0.15) is 17.0 Å². The van der Waals surface area contributed by atoms with Crippen LogP contribution in [0.3, 0.4) is 0 Å². The molecule has 0 amide bonds. The molecule has 7 heteroatoms. The highest BCUT2D eigenvalue weighted by Gasteiger charge is 2.19. The van der Waals surface area contributed by atoms with Crippen LogP contribution in [0.15, 0.2) is 54.7 Å². The van der Waals surface area contributed by atoms with Gasteiger partial charge in [-0.3, -0.25) is 0 Å². The lowest BCUT2D eigenvalue weighted by molar-refractivity contribution is 0.174. The summed E-state index contributed by atoms with van der Waals surface area (Å²) in [6, 6.07) is 17.1. The van der Waals surface area contributed by atoms with Crippen molar-refractivity contribution in [3.8, 4) is 17.6 Å². The second kappa shape index (κ2) is 7.30. The van der Waals surface area contributed by atoms with Crippen molar-refractivity contribution < 1.29 is 13.9 Å². The molecule has 2 heterocycles. The van der Waals surface area contributed by atoms with Gasteiger partial charge in [-0.2, -0.15) is 10.2 Å². The van der Waals surface area contributed by atoms with Gasteiger partial charge in [0, 0.05) is 13.1 Å². The van der Waals surface area contributed by atoms with Gasteiger partial charge < -0.3 is 14.4 Å². The molecule has 0 unspecified atom stereocenters. The van der Waals surface area contributed by atoms with E-state index in [4.69, 9.17) is 14.7 Å². The van der Waals surface area contributed by atoms with Gasteiger partial charge in [-0.15, -0.1) is 0 Å². The van der Waals surface area contributed by atoms with Crippen molar-refractivity contribution in [2.24, 2.45) is 0 Å². The molecule has 1 aliphatic heterocycles. The summed E-state index contributed by atoms with van der Waals surface area (Å²) in [4.78, 5) is 9.54. The first-order chi connectivity index (χ1) is 13.2. The summed E-state index contributed by atoms with van der Waals surface area (Å²) in [5.74, 6) is 0.783. The number of halogens is 1. The van der Waals surface area contributed by atoms with Crippen molar-refractivity contribution in [1.29, 1.82) is 5.26 Å². The normalized spacial score (nSPS) is 11.9. The highest BCUT2D eigenvalue weighted by Crippen LogP contribution is 2.33. The number of fused-ring (bicyclic) bond motifs is 1. The van der Waals surface area contributed by atoms with Crippen molar-refractivity contribution in [3.63, 3.8) is 0 Å². The van der Waals surface area contributed by atoms with Crippen LogP contribution in [-0.2, 0) is 13.1 Å². The second-order valence-corrected chi connectivity index (χ2v) is 6.01. The zero-order valence-corrected chi connectivity index (χ0v) is 14.3. The summed E-state index contributed by atoms with van der Waals surface area (Å²) in [6.45, 7) is 0.997. The van der Waals surface area contributed by atoms with Gasteiger partial charge in [-0.1, -0.05) is 36.4 Å². The van der Waals surface area contributed by atoms with E-state index < -0.39 is 5.82 Å². The maximum absolute atomic E-state index is 14.5. The molecular formula is C20H15FN4O2. The first kappa shape index (κ1) is 16.8. The van der Waals surface area contributed by atoms with Gasteiger partial charge >= 0.3 is 0 Å². The summed E-state index contributed by atoms with van der Waals surface area (Å²) < 4.78 is 25.2. The zero-order chi connectivity index (χ0) is 18.6. The van der Waals surface area contributed by atoms with Crippen LogP contribution in [0.4, 0.5) is 10.2 Å². The smallest absolute Gasteiger partial charge is 0.234 e. The lowest BCUT2D eigenvalue weighted by Crippen LogP contribution is -2.25. The molecule has 134 valence electrons. The van der Waals surface area contributed by atoms with Gasteiger partial charge in [-0.05, 0) is 23.3 Å². The minimum absolute atomic E-state index is 0.0739. The number of nitriles is 1. The minimum atomic E-state index is -0.578. The third-order valence-corrected chi connectivity index (χ3v) is 4.15. The van der Waals surface area contributed by atoms with Gasteiger partial charge in [0.2, 0.25) is 12.6 Å². The predicted octanol–water partition coefficient (Wildman–Crippen LogP) is 3.42. The van der Waals surface area contributed by atoms with Crippen LogP contribution in [0, 0.1) is 17.1 Å². The van der Waals surface area contributed by atoms with Crippen LogP contribution in [0.5, 0.6) is 11.5 Å². The Morgan fingerprint density at radius 1 is 1.04 bits per heavy atom. The average molecular weight is 362 g/mol. The van der Waals surface area contributed by atoms with E-state index in [0.29, 0.717) is 24.6 Å². The zero-order valence-electron chi connectivity index (χ0n) is 14.3. The Labute approximate surface area is 155 Å². The van der Waals surface area contributed by atoms with E-state index in [-0.39, 0.29) is 18.4 Å². The minimum Gasteiger partial charge on any atom is -0.454 e. The molecule has 4 rings (SSSR count). The van der Waals surface area contributed by atoms with Crippen molar-refractivity contribution >= 4 is 5.82 Å². The highest BCUT2D eigenvalue weighted by atomic mass is 19.1. The number of benzene rings is 2. The molecule has 0 spiro atoms. The first-order valence-electron chi connectivity index (χ1n) is 8.33. The van der Waals surface area contributed by atoms with Gasteiger partial charge in [0.15, 0.2) is 23.1 Å². The lowest BCUT2D eigenvalue weighted by Gasteiger charge is -2.24. The van der Waals surface area contributed by atoms with Gasteiger partial charge in [-0.25, -0.2) is 9.37 Å². The van der Waals surface area contributed by atoms with E-state index >= 15 is 0 Å². The molecule has 0 radical (unpaired) electrons. The lowest BCUT2D eigenvalue weighted by atomic mass is 10.1. The van der Waals surface area contributed by atoms with Crippen LogP contribution in [0.25, 0.3) is 0 Å². The fraction of sp³-hybridized carbons (Fsp3) is 0.150. The van der Waals surface area contributed by atoms with Crippen molar-refractivity contribution in [3.05, 3.63) is 77.5 Å². The summed E-state index contributed by atoms with van der Waals surface area (Å²) in [7, 11) is 0. The summed E-state index contributed by atoms with van der Waals surface area (Å²) in [5.41, 5.74) is 1.90. The SMILES string of the molecule is N#Cc1ncc(F)c(N(Cc2ccccc2)Cc2ccc3c(c2)OCO3)n1. The first-order valence-corrected chi connectivity index (χ1v) is 8.33. The average Bonchev–Trinajstić information content (AvgIpc) is 3.16. The van der Waals surface area contributed by atoms with Crippen LogP contribution < -0.4 is 14.4 Å². The number of anilines is 1. The number of ether oxygens (including phenoxy) is 2. The molecule has 3 aromatic rings. The molecular weight excluding hydrogens is 347 g/mol. The largest absolute Gasteiger partial charge is 0.454 e. The molecule has 0 N–H and O–H groups in total. The Hall–Kier alpha value is -3.66. The Morgan fingerprint density at radius 2 is 1.81 bits per heavy atom. The fourth-order valence-electron chi connectivity index (χ4n) is 2.90. The second-order valence-electron chi connectivity index (χ2n) is 6.01. The van der Waals surface area contributed by atoms with E-state index in [9.17, 15) is 4.39 Å². The molecule has 6 nitrogen and oxygen atoms in total. The molecule has 0 saturated heterocycles. The van der Waals surface area contributed by atoms with Crippen LogP contribution >= 0.6 is 0 Å². The summed E-state index contributed by atoms with van der Waals surface area (Å²) in [6.07, 6.45) is 1.03. The third kappa shape index (κ3) is 3.65. The van der Waals surface area contributed by atoms with Crippen molar-refractivity contribution in [1.82, 2.24) is 9.97 Å². The standard InChI is InChI=1S/C20H15FN4O2/c21-16-10-23-19(9-22)24-20(16)25(11-14-4-2-1-3-5-14)12-15-6-7-17-18(8-15)27-13-26-17/h1-8,10H,11-13H2.